The highest BCUT2D eigenvalue weighted by molar-refractivity contribution is 6.30. The summed E-state index contributed by atoms with van der Waals surface area (Å²) in [5.41, 5.74) is 7.00. The lowest BCUT2D eigenvalue weighted by Gasteiger charge is -2.04. The summed E-state index contributed by atoms with van der Waals surface area (Å²) in [5.74, 6) is -0.897. The molecule has 0 spiro atoms. The topological polar surface area (TPSA) is 43.1 Å². The van der Waals surface area contributed by atoms with Crippen LogP contribution in [0.1, 0.15) is 15.9 Å². The highest BCUT2D eigenvalue weighted by atomic mass is 35.5. The number of benzene rings is 2. The zero-order valence-electron chi connectivity index (χ0n) is 9.49. The maximum Gasteiger partial charge on any atom is 0.170 e. The summed E-state index contributed by atoms with van der Waals surface area (Å²) < 4.78 is 13.6. The van der Waals surface area contributed by atoms with Gasteiger partial charge in [-0.15, -0.1) is 0 Å². The van der Waals surface area contributed by atoms with E-state index in [1.807, 2.05) is 0 Å². The number of Topliss-reactive ketones (excluding diaryl/α,β-unsaturated/α-hetero) is 1. The van der Waals surface area contributed by atoms with Gasteiger partial charge in [0.05, 0.1) is 5.56 Å². The highest BCUT2D eigenvalue weighted by Gasteiger charge is 2.12. The smallest absolute Gasteiger partial charge is 0.170 e. The molecule has 0 unspecified atom stereocenters. The van der Waals surface area contributed by atoms with E-state index in [1.165, 1.54) is 12.1 Å². The quantitative estimate of drug-likeness (QED) is 0.680. The van der Waals surface area contributed by atoms with E-state index in [9.17, 15) is 9.18 Å². The number of hydrogen-bond acceptors (Lipinski definition) is 2. The third-order valence-electron chi connectivity index (χ3n) is 2.55. The zero-order valence-corrected chi connectivity index (χ0v) is 10.2. The van der Waals surface area contributed by atoms with E-state index < -0.39 is 5.82 Å². The first-order valence-corrected chi connectivity index (χ1v) is 5.77. The Hall–Kier alpha value is -1.87. The van der Waals surface area contributed by atoms with E-state index in [2.05, 4.69) is 0 Å². The molecule has 92 valence electrons. The molecule has 0 aliphatic rings. The van der Waals surface area contributed by atoms with E-state index in [0.717, 1.165) is 11.6 Å². The van der Waals surface area contributed by atoms with Crippen LogP contribution in [-0.4, -0.2) is 5.78 Å². The standard InChI is InChI=1S/C14H11ClFNO/c15-10-4-5-12(13(16)8-10)14(18)7-9-2-1-3-11(17)6-9/h1-6,8H,7,17H2. The van der Waals surface area contributed by atoms with Crippen LogP contribution in [0.25, 0.3) is 0 Å². The lowest BCUT2D eigenvalue weighted by Crippen LogP contribution is -2.06. The first kappa shape index (κ1) is 12.6. The molecule has 0 atom stereocenters. The summed E-state index contributed by atoms with van der Waals surface area (Å²) in [6, 6.07) is 11.0. The molecular formula is C14H11ClFNO. The Kier molecular flexibility index (Phi) is 3.63. The third kappa shape index (κ3) is 2.87. The van der Waals surface area contributed by atoms with Crippen molar-refractivity contribution in [2.45, 2.75) is 6.42 Å². The molecule has 18 heavy (non-hydrogen) atoms. The van der Waals surface area contributed by atoms with Crippen molar-refractivity contribution in [1.82, 2.24) is 0 Å². The number of rotatable bonds is 3. The van der Waals surface area contributed by atoms with Crippen LogP contribution in [0, 0.1) is 5.82 Å². The van der Waals surface area contributed by atoms with Crippen molar-refractivity contribution in [2.24, 2.45) is 0 Å². The molecule has 2 aromatic carbocycles. The van der Waals surface area contributed by atoms with Gasteiger partial charge >= 0.3 is 0 Å². The second-order valence-electron chi connectivity index (χ2n) is 3.97. The number of carbonyl (C=O) groups is 1. The molecule has 0 bridgehead atoms. The molecule has 4 heteroatoms. The number of carbonyl (C=O) groups excluding carboxylic acids is 1. The summed E-state index contributed by atoms with van der Waals surface area (Å²) in [6.07, 6.45) is 0.115. The van der Waals surface area contributed by atoms with Crippen molar-refractivity contribution in [2.75, 3.05) is 5.73 Å². The minimum absolute atomic E-state index is 0.0434. The van der Waals surface area contributed by atoms with Gasteiger partial charge in [-0.25, -0.2) is 4.39 Å². The summed E-state index contributed by atoms with van der Waals surface area (Å²) in [6.45, 7) is 0. The second-order valence-corrected chi connectivity index (χ2v) is 4.41. The maximum atomic E-state index is 13.6. The van der Waals surface area contributed by atoms with Crippen LogP contribution in [0.2, 0.25) is 5.02 Å². The Balaban J connectivity index is 2.22. The normalized spacial score (nSPS) is 10.3. The molecule has 0 aromatic heterocycles. The van der Waals surface area contributed by atoms with Gasteiger partial charge in [0.15, 0.2) is 5.78 Å². The molecule has 0 saturated heterocycles. The van der Waals surface area contributed by atoms with Crippen LogP contribution in [-0.2, 0) is 6.42 Å². The molecule has 0 fully saturated rings. The molecule has 0 radical (unpaired) electrons. The minimum atomic E-state index is -0.601. The number of hydrogen-bond donors (Lipinski definition) is 1. The molecule has 2 rings (SSSR count). The van der Waals surface area contributed by atoms with Crippen molar-refractivity contribution in [3.8, 4) is 0 Å². The number of nitrogen functional groups attached to an aromatic ring is 1. The van der Waals surface area contributed by atoms with E-state index >= 15 is 0 Å². The van der Waals surface area contributed by atoms with Crippen LogP contribution in [0.4, 0.5) is 10.1 Å². The van der Waals surface area contributed by atoms with E-state index in [-0.39, 0.29) is 22.8 Å². The Labute approximate surface area is 109 Å². The monoisotopic (exact) mass is 263 g/mol. The number of anilines is 1. The van der Waals surface area contributed by atoms with Gasteiger partial charge in [0.25, 0.3) is 0 Å². The van der Waals surface area contributed by atoms with Gasteiger partial charge in [-0.05, 0) is 35.9 Å². The predicted molar refractivity (Wildman–Crippen MR) is 70.3 cm³/mol. The lowest BCUT2D eigenvalue weighted by molar-refractivity contribution is 0.0989. The first-order chi connectivity index (χ1) is 8.56. The first-order valence-electron chi connectivity index (χ1n) is 5.39. The number of ketones is 1. The van der Waals surface area contributed by atoms with E-state index in [0.29, 0.717) is 5.69 Å². The van der Waals surface area contributed by atoms with Gasteiger partial charge in [0, 0.05) is 17.1 Å². The summed E-state index contributed by atoms with van der Waals surface area (Å²) in [7, 11) is 0. The summed E-state index contributed by atoms with van der Waals surface area (Å²) in [5, 5.41) is 0.271. The number of nitrogens with two attached hydrogens (primary N) is 1. The lowest BCUT2D eigenvalue weighted by atomic mass is 10.0. The number of halogens is 2. The largest absolute Gasteiger partial charge is 0.399 e. The van der Waals surface area contributed by atoms with Gasteiger partial charge < -0.3 is 5.73 Å². The minimum Gasteiger partial charge on any atom is -0.399 e. The highest BCUT2D eigenvalue weighted by Crippen LogP contribution is 2.17. The molecule has 0 amide bonds. The van der Waals surface area contributed by atoms with Gasteiger partial charge in [-0.1, -0.05) is 23.7 Å². The SMILES string of the molecule is Nc1cccc(CC(=O)c2ccc(Cl)cc2F)c1. The van der Waals surface area contributed by atoms with Gasteiger partial charge in [-0.2, -0.15) is 0 Å². The molecular weight excluding hydrogens is 253 g/mol. The van der Waals surface area contributed by atoms with E-state index in [4.69, 9.17) is 17.3 Å². The van der Waals surface area contributed by atoms with Crippen LogP contribution >= 0.6 is 11.6 Å². The predicted octanol–water partition coefficient (Wildman–Crippen LogP) is 3.49. The molecule has 0 saturated carbocycles. The van der Waals surface area contributed by atoms with E-state index in [1.54, 1.807) is 24.3 Å². The zero-order chi connectivity index (χ0) is 13.1. The summed E-state index contributed by atoms with van der Waals surface area (Å²) >= 11 is 5.63. The average Bonchev–Trinajstić information content (AvgIpc) is 2.28. The van der Waals surface area contributed by atoms with Crippen molar-refractivity contribution in [3.05, 3.63) is 64.4 Å². The fourth-order valence-electron chi connectivity index (χ4n) is 1.70. The molecule has 0 aliphatic heterocycles. The molecule has 2 aromatic rings. The maximum absolute atomic E-state index is 13.6. The molecule has 0 aliphatic carbocycles. The van der Waals surface area contributed by atoms with Gasteiger partial charge in [0.2, 0.25) is 0 Å². The Morgan fingerprint density at radius 1 is 1.22 bits per heavy atom. The average molecular weight is 264 g/mol. The van der Waals surface area contributed by atoms with Gasteiger partial charge in [-0.3, -0.25) is 4.79 Å². The molecule has 0 heterocycles. The van der Waals surface area contributed by atoms with Crippen LogP contribution in [0.15, 0.2) is 42.5 Å². The van der Waals surface area contributed by atoms with Crippen molar-refractivity contribution in [3.63, 3.8) is 0 Å². The third-order valence-corrected chi connectivity index (χ3v) is 2.78. The van der Waals surface area contributed by atoms with Crippen LogP contribution in [0.3, 0.4) is 0 Å². The Bertz CT molecular complexity index is 598. The van der Waals surface area contributed by atoms with Crippen LogP contribution < -0.4 is 5.73 Å². The fourth-order valence-corrected chi connectivity index (χ4v) is 1.86. The molecule has 2 N–H and O–H groups in total. The summed E-state index contributed by atoms with van der Waals surface area (Å²) in [4.78, 5) is 11.9. The van der Waals surface area contributed by atoms with Crippen molar-refractivity contribution >= 4 is 23.1 Å². The Morgan fingerprint density at radius 3 is 2.67 bits per heavy atom. The van der Waals surface area contributed by atoms with Crippen molar-refractivity contribution in [1.29, 1.82) is 0 Å². The van der Waals surface area contributed by atoms with Gasteiger partial charge in [0.1, 0.15) is 5.82 Å². The molecule has 2 nitrogen and oxygen atoms in total. The Morgan fingerprint density at radius 2 is 2.00 bits per heavy atom. The fraction of sp³-hybridized carbons (Fsp3) is 0.0714. The second kappa shape index (κ2) is 5.19. The van der Waals surface area contributed by atoms with Crippen molar-refractivity contribution < 1.29 is 9.18 Å². The van der Waals surface area contributed by atoms with Crippen LogP contribution in [0.5, 0.6) is 0 Å².